The number of anilines is 1. The normalized spacial score (nSPS) is 15.5. The van der Waals surface area contributed by atoms with E-state index in [1.54, 1.807) is 35.2 Å². The van der Waals surface area contributed by atoms with E-state index in [1.165, 1.54) is 12.3 Å². The van der Waals surface area contributed by atoms with Gasteiger partial charge in [0.1, 0.15) is 11.9 Å². The lowest BCUT2D eigenvalue weighted by Crippen LogP contribution is -2.57. The second-order valence-electron chi connectivity index (χ2n) is 7.50. The lowest BCUT2D eigenvalue weighted by molar-refractivity contribution is -0.144. The van der Waals surface area contributed by atoms with Gasteiger partial charge in [-0.15, -0.1) is 0 Å². The summed E-state index contributed by atoms with van der Waals surface area (Å²) in [5, 5.41) is 11.7. The molecule has 0 unspecified atom stereocenters. The average molecular weight is 452 g/mol. The molecule has 2 aromatic heterocycles. The number of alkyl halides is 3. The fourth-order valence-electron chi connectivity index (χ4n) is 3.48. The molecule has 1 aliphatic heterocycles. The first-order chi connectivity index (χ1) is 15.8. The van der Waals surface area contributed by atoms with Crippen LogP contribution >= 0.6 is 0 Å². The molecule has 1 fully saturated rings. The number of halogens is 3. The van der Waals surface area contributed by atoms with E-state index >= 15 is 0 Å². The summed E-state index contributed by atoms with van der Waals surface area (Å²) in [6, 6.07) is 14.8. The van der Waals surface area contributed by atoms with Gasteiger partial charge >= 0.3 is 6.18 Å². The van der Waals surface area contributed by atoms with Crippen LogP contribution in [0.2, 0.25) is 0 Å². The number of nitrogens with zero attached hydrogens (tertiary/aromatic N) is 5. The Bertz CT molecular complexity index is 1180. The van der Waals surface area contributed by atoms with Crippen molar-refractivity contribution in [2.75, 3.05) is 18.0 Å². The zero-order valence-electron chi connectivity index (χ0n) is 17.4. The Kier molecular flexibility index (Phi) is 6.22. The van der Waals surface area contributed by atoms with Gasteiger partial charge in [0.2, 0.25) is 11.7 Å². The minimum Gasteiger partial charge on any atom is -0.354 e. The van der Waals surface area contributed by atoms with Crippen molar-refractivity contribution in [2.24, 2.45) is 0 Å². The minimum atomic E-state index is -4.73. The van der Waals surface area contributed by atoms with Crippen LogP contribution in [0.25, 0.3) is 11.4 Å². The SMILES string of the molecule is N#Cc1ccc(CCNC(=O)[C@@H]2CCN2c2cc(-c3ccccn3)nc(C(F)(F)F)n2)cc1. The van der Waals surface area contributed by atoms with Crippen LogP contribution in [-0.4, -0.2) is 40.0 Å². The van der Waals surface area contributed by atoms with Crippen LogP contribution in [-0.2, 0) is 17.4 Å². The van der Waals surface area contributed by atoms with Gasteiger partial charge in [0.05, 0.1) is 23.0 Å². The van der Waals surface area contributed by atoms with E-state index in [1.807, 2.05) is 18.2 Å². The van der Waals surface area contributed by atoms with Gasteiger partial charge in [-0.1, -0.05) is 18.2 Å². The van der Waals surface area contributed by atoms with Crippen LogP contribution in [0.1, 0.15) is 23.4 Å². The molecule has 7 nitrogen and oxygen atoms in total. The highest BCUT2D eigenvalue weighted by atomic mass is 19.4. The topological polar surface area (TPSA) is 94.8 Å². The van der Waals surface area contributed by atoms with E-state index < -0.39 is 18.0 Å². The van der Waals surface area contributed by atoms with Crippen LogP contribution < -0.4 is 10.2 Å². The number of nitriles is 1. The summed E-state index contributed by atoms with van der Waals surface area (Å²) in [6.07, 6.45) is -2.19. The third kappa shape index (κ3) is 5.09. The molecule has 1 saturated heterocycles. The summed E-state index contributed by atoms with van der Waals surface area (Å²) < 4.78 is 40.3. The van der Waals surface area contributed by atoms with Crippen molar-refractivity contribution >= 4 is 11.7 Å². The number of rotatable bonds is 6. The van der Waals surface area contributed by atoms with Gasteiger partial charge < -0.3 is 10.2 Å². The number of pyridine rings is 1. The van der Waals surface area contributed by atoms with Crippen molar-refractivity contribution in [3.8, 4) is 17.5 Å². The van der Waals surface area contributed by atoms with Crippen LogP contribution in [0, 0.1) is 11.3 Å². The molecule has 0 radical (unpaired) electrons. The van der Waals surface area contributed by atoms with Crippen LogP contribution in [0.3, 0.4) is 0 Å². The average Bonchev–Trinajstić information content (AvgIpc) is 2.78. The highest BCUT2D eigenvalue weighted by molar-refractivity contribution is 5.86. The largest absolute Gasteiger partial charge is 0.451 e. The Morgan fingerprint density at radius 1 is 1.15 bits per heavy atom. The lowest BCUT2D eigenvalue weighted by atomic mass is 10.0. The molecule has 3 aromatic rings. The molecule has 3 heterocycles. The predicted molar refractivity (Wildman–Crippen MR) is 114 cm³/mol. The number of benzene rings is 1. The van der Waals surface area contributed by atoms with Crippen molar-refractivity contribution in [1.82, 2.24) is 20.3 Å². The first-order valence-corrected chi connectivity index (χ1v) is 10.3. The molecule has 1 amide bonds. The van der Waals surface area contributed by atoms with Gasteiger partial charge in [0.15, 0.2) is 0 Å². The van der Waals surface area contributed by atoms with Gasteiger partial charge in [-0.05, 0) is 42.7 Å². The predicted octanol–water partition coefficient (Wildman–Crippen LogP) is 3.37. The monoisotopic (exact) mass is 452 g/mol. The molecule has 0 saturated carbocycles. The molecular weight excluding hydrogens is 433 g/mol. The van der Waals surface area contributed by atoms with Gasteiger partial charge in [0, 0.05) is 25.4 Å². The lowest BCUT2D eigenvalue weighted by Gasteiger charge is -2.40. The molecule has 1 N–H and O–H groups in total. The third-order valence-electron chi connectivity index (χ3n) is 5.31. The van der Waals surface area contributed by atoms with Crippen LogP contribution in [0.15, 0.2) is 54.7 Å². The number of hydrogen-bond donors (Lipinski definition) is 1. The van der Waals surface area contributed by atoms with Crippen molar-refractivity contribution in [2.45, 2.75) is 25.1 Å². The second kappa shape index (κ2) is 9.24. The summed E-state index contributed by atoms with van der Waals surface area (Å²) >= 11 is 0. The molecule has 4 rings (SSSR count). The molecule has 0 bridgehead atoms. The fraction of sp³-hybridized carbons (Fsp3) is 0.261. The Morgan fingerprint density at radius 3 is 2.55 bits per heavy atom. The number of carbonyl (C=O) groups is 1. The Balaban J connectivity index is 1.47. The first-order valence-electron chi connectivity index (χ1n) is 10.3. The maximum absolute atomic E-state index is 13.4. The maximum atomic E-state index is 13.4. The van der Waals surface area contributed by atoms with E-state index in [9.17, 15) is 18.0 Å². The Hall–Kier alpha value is -4.00. The summed E-state index contributed by atoms with van der Waals surface area (Å²) in [5.41, 5.74) is 1.85. The minimum absolute atomic E-state index is 0.0384. The van der Waals surface area contributed by atoms with Gasteiger partial charge in [-0.3, -0.25) is 9.78 Å². The molecule has 33 heavy (non-hydrogen) atoms. The molecule has 168 valence electrons. The second-order valence-corrected chi connectivity index (χ2v) is 7.50. The Labute approximate surface area is 187 Å². The zero-order chi connectivity index (χ0) is 23.4. The van der Waals surface area contributed by atoms with E-state index in [-0.39, 0.29) is 23.1 Å². The van der Waals surface area contributed by atoms with E-state index in [2.05, 4.69) is 20.3 Å². The molecular formula is C23H19F3N6O. The zero-order valence-corrected chi connectivity index (χ0v) is 17.4. The molecule has 1 aromatic carbocycles. The quantitative estimate of drug-likeness (QED) is 0.616. The molecule has 10 heteroatoms. The van der Waals surface area contributed by atoms with E-state index in [4.69, 9.17) is 5.26 Å². The molecule has 0 spiro atoms. The number of amides is 1. The van der Waals surface area contributed by atoms with Crippen molar-refractivity contribution in [3.63, 3.8) is 0 Å². The summed E-state index contributed by atoms with van der Waals surface area (Å²) in [7, 11) is 0. The highest BCUT2D eigenvalue weighted by Crippen LogP contribution is 2.33. The van der Waals surface area contributed by atoms with Crippen molar-refractivity contribution in [3.05, 3.63) is 71.7 Å². The van der Waals surface area contributed by atoms with E-state index in [0.717, 1.165) is 5.56 Å². The summed E-state index contributed by atoms with van der Waals surface area (Å²) in [4.78, 5) is 25.6. The van der Waals surface area contributed by atoms with E-state index in [0.29, 0.717) is 31.5 Å². The fourth-order valence-corrected chi connectivity index (χ4v) is 3.48. The standard InChI is InChI=1S/C23H19F3N6O/c24-23(25,26)22-30-18(17-3-1-2-10-28-17)13-20(31-22)32-12-9-19(32)21(33)29-11-8-15-4-6-16(14-27)7-5-15/h1-7,10,13,19H,8-9,11-12H2,(H,29,33)/t19-/m0/s1. The van der Waals surface area contributed by atoms with Crippen molar-refractivity contribution < 1.29 is 18.0 Å². The maximum Gasteiger partial charge on any atom is 0.451 e. The number of aromatic nitrogens is 3. The number of carbonyl (C=O) groups excluding carboxylic acids is 1. The molecule has 1 aliphatic rings. The Morgan fingerprint density at radius 2 is 1.94 bits per heavy atom. The number of hydrogen-bond acceptors (Lipinski definition) is 6. The molecule has 0 aliphatic carbocycles. The van der Waals surface area contributed by atoms with Crippen molar-refractivity contribution in [1.29, 1.82) is 5.26 Å². The van der Waals surface area contributed by atoms with Gasteiger partial charge in [-0.2, -0.15) is 18.4 Å². The number of nitrogens with one attached hydrogen (secondary N) is 1. The third-order valence-corrected chi connectivity index (χ3v) is 5.31. The molecule has 1 atom stereocenters. The van der Waals surface area contributed by atoms with Crippen LogP contribution in [0.4, 0.5) is 19.0 Å². The summed E-state index contributed by atoms with van der Waals surface area (Å²) in [6.45, 7) is 0.773. The summed E-state index contributed by atoms with van der Waals surface area (Å²) in [5.74, 6) is -1.51. The smallest absolute Gasteiger partial charge is 0.354 e. The first kappa shape index (κ1) is 22.2. The van der Waals surface area contributed by atoms with Crippen LogP contribution in [0.5, 0.6) is 0 Å². The van der Waals surface area contributed by atoms with Gasteiger partial charge in [-0.25, -0.2) is 9.97 Å². The van der Waals surface area contributed by atoms with Gasteiger partial charge in [0.25, 0.3) is 0 Å². The highest BCUT2D eigenvalue weighted by Gasteiger charge is 2.39.